The van der Waals surface area contributed by atoms with E-state index in [1.807, 2.05) is 42.5 Å². The van der Waals surface area contributed by atoms with Gasteiger partial charge in [-0.3, -0.25) is 0 Å². The number of hydrogen-bond donors (Lipinski definition) is 0. The molecule has 160 valence electrons. The summed E-state index contributed by atoms with van der Waals surface area (Å²) in [5, 5.41) is 2.03. The van der Waals surface area contributed by atoms with Gasteiger partial charge in [0.25, 0.3) is 0 Å². The molecule has 0 aromatic heterocycles. The Morgan fingerprint density at radius 3 is 2.47 bits per heavy atom. The Kier molecular flexibility index (Phi) is 4.55. The minimum atomic E-state index is -0.356. The summed E-state index contributed by atoms with van der Waals surface area (Å²) >= 11 is 0. The van der Waals surface area contributed by atoms with E-state index in [2.05, 4.69) is 36.9 Å². The van der Waals surface area contributed by atoms with Gasteiger partial charge in [-0.05, 0) is 70.8 Å². The van der Waals surface area contributed by atoms with Crippen LogP contribution >= 0.6 is 0 Å². The summed E-state index contributed by atoms with van der Waals surface area (Å²) in [6, 6.07) is 23.4. The molecule has 32 heavy (non-hydrogen) atoms. The molecule has 4 aromatic carbocycles. The first-order valence-corrected chi connectivity index (χ1v) is 10.6. The van der Waals surface area contributed by atoms with Crippen molar-refractivity contribution in [3.8, 4) is 0 Å². The van der Waals surface area contributed by atoms with Crippen molar-refractivity contribution in [2.75, 3.05) is 12.0 Å². The average Bonchev–Trinajstić information content (AvgIpc) is 2.80. The van der Waals surface area contributed by atoms with Gasteiger partial charge in [0, 0.05) is 11.1 Å². The van der Waals surface area contributed by atoms with Gasteiger partial charge < -0.3 is 9.64 Å². The number of anilines is 3. The number of hydrogen-bond acceptors (Lipinski definition) is 3. The van der Waals surface area contributed by atoms with Crippen molar-refractivity contribution in [1.82, 2.24) is 0 Å². The summed E-state index contributed by atoms with van der Waals surface area (Å²) in [6.45, 7) is 6.20. The first-order chi connectivity index (χ1) is 15.3. The van der Waals surface area contributed by atoms with E-state index in [1.54, 1.807) is 19.1 Å². The third kappa shape index (κ3) is 2.90. The highest BCUT2D eigenvalue weighted by Gasteiger charge is 2.38. The topological polar surface area (TPSA) is 29.5 Å². The second-order valence-electron chi connectivity index (χ2n) is 8.80. The van der Waals surface area contributed by atoms with Gasteiger partial charge in [0.05, 0.1) is 24.0 Å². The molecule has 4 heteroatoms. The van der Waals surface area contributed by atoms with Gasteiger partial charge in [-0.2, -0.15) is 0 Å². The molecule has 0 aliphatic carbocycles. The summed E-state index contributed by atoms with van der Waals surface area (Å²) in [7, 11) is 1.39. The Morgan fingerprint density at radius 1 is 0.938 bits per heavy atom. The zero-order valence-electron chi connectivity index (χ0n) is 18.6. The number of ether oxygens (including phenoxy) is 1. The lowest BCUT2D eigenvalue weighted by atomic mass is 9.71. The van der Waals surface area contributed by atoms with Gasteiger partial charge >= 0.3 is 5.97 Å². The highest BCUT2D eigenvalue weighted by Crippen LogP contribution is 2.53. The first-order valence-electron chi connectivity index (χ1n) is 10.6. The molecule has 0 fully saturated rings. The number of fused-ring (bicyclic) bond motifs is 4. The van der Waals surface area contributed by atoms with E-state index in [0.717, 1.165) is 39.0 Å². The van der Waals surface area contributed by atoms with Crippen molar-refractivity contribution >= 4 is 33.8 Å². The molecule has 0 radical (unpaired) electrons. The lowest BCUT2D eigenvalue weighted by Crippen LogP contribution is -2.31. The molecule has 0 amide bonds. The van der Waals surface area contributed by atoms with E-state index in [4.69, 9.17) is 4.74 Å². The van der Waals surface area contributed by atoms with E-state index < -0.39 is 0 Å². The van der Waals surface area contributed by atoms with Crippen molar-refractivity contribution in [1.29, 1.82) is 0 Å². The maximum Gasteiger partial charge on any atom is 0.337 e. The molecule has 1 aliphatic rings. The number of methoxy groups -OCH3 is 1. The first kappa shape index (κ1) is 20.3. The molecule has 4 aromatic rings. The van der Waals surface area contributed by atoms with Crippen molar-refractivity contribution in [2.24, 2.45) is 0 Å². The standard InChI is InChI=1S/C28H24FNO2/c1-17-9-12-20(16-23(17)29)30-24-8-6-5-7-22(24)28(2,3)26-21-13-10-19(27(31)32-4)15-18(21)11-14-25(26)30/h5-16H,1-4H3. The maximum absolute atomic E-state index is 14.6. The number of aryl methyl sites for hydroxylation is 1. The molecule has 3 nitrogen and oxygen atoms in total. The van der Waals surface area contributed by atoms with Crippen LogP contribution < -0.4 is 4.90 Å². The van der Waals surface area contributed by atoms with E-state index in [9.17, 15) is 9.18 Å². The number of para-hydroxylation sites is 1. The number of halogens is 1. The smallest absolute Gasteiger partial charge is 0.337 e. The van der Waals surface area contributed by atoms with Crippen LogP contribution in [0.3, 0.4) is 0 Å². The number of benzene rings is 4. The van der Waals surface area contributed by atoms with Crippen molar-refractivity contribution < 1.29 is 13.9 Å². The molecule has 1 aliphatic heterocycles. The van der Waals surface area contributed by atoms with E-state index in [1.165, 1.54) is 7.11 Å². The minimum absolute atomic E-state index is 0.227. The number of carbonyl (C=O) groups excluding carboxylic acids is 1. The minimum Gasteiger partial charge on any atom is -0.465 e. The Balaban J connectivity index is 1.83. The summed E-state index contributed by atoms with van der Waals surface area (Å²) in [6.07, 6.45) is 0. The molecule has 0 saturated heterocycles. The monoisotopic (exact) mass is 425 g/mol. The highest BCUT2D eigenvalue weighted by atomic mass is 19.1. The van der Waals surface area contributed by atoms with Crippen LogP contribution in [0.15, 0.2) is 72.8 Å². The third-order valence-corrected chi connectivity index (χ3v) is 6.52. The fourth-order valence-electron chi connectivity index (χ4n) is 4.87. The Bertz CT molecular complexity index is 1390. The maximum atomic E-state index is 14.6. The van der Waals surface area contributed by atoms with E-state index >= 15 is 0 Å². The van der Waals surface area contributed by atoms with Gasteiger partial charge in [-0.1, -0.05) is 50.2 Å². The number of carbonyl (C=O) groups is 1. The van der Waals surface area contributed by atoms with Crippen LogP contribution in [-0.2, 0) is 10.2 Å². The molecule has 5 rings (SSSR count). The largest absolute Gasteiger partial charge is 0.465 e. The van der Waals surface area contributed by atoms with Crippen LogP contribution in [0.4, 0.5) is 21.5 Å². The Labute approximate surface area is 187 Å². The predicted octanol–water partition coefficient (Wildman–Crippen LogP) is 7.18. The highest BCUT2D eigenvalue weighted by molar-refractivity contribution is 6.01. The molecule has 0 bridgehead atoms. The van der Waals surface area contributed by atoms with E-state index in [0.29, 0.717) is 11.1 Å². The molecule has 0 atom stereocenters. The van der Waals surface area contributed by atoms with Crippen LogP contribution in [-0.4, -0.2) is 13.1 Å². The Hall–Kier alpha value is -3.66. The zero-order valence-corrected chi connectivity index (χ0v) is 18.6. The van der Waals surface area contributed by atoms with Crippen LogP contribution in [0.25, 0.3) is 10.8 Å². The van der Waals surface area contributed by atoms with Gasteiger partial charge in [0.2, 0.25) is 0 Å². The fraction of sp³-hybridized carbons (Fsp3) is 0.179. The summed E-state index contributed by atoms with van der Waals surface area (Å²) in [4.78, 5) is 14.2. The van der Waals surface area contributed by atoms with Gasteiger partial charge in [-0.25, -0.2) is 9.18 Å². The lowest BCUT2D eigenvalue weighted by Gasteiger charge is -2.42. The second-order valence-corrected chi connectivity index (χ2v) is 8.80. The van der Waals surface area contributed by atoms with Gasteiger partial charge in [0.15, 0.2) is 0 Å². The van der Waals surface area contributed by atoms with Crippen molar-refractivity contribution in [3.05, 3.63) is 101 Å². The van der Waals surface area contributed by atoms with Gasteiger partial charge in [-0.15, -0.1) is 0 Å². The summed E-state index contributed by atoms with van der Waals surface area (Å²) < 4.78 is 19.5. The molecular weight excluding hydrogens is 401 g/mol. The van der Waals surface area contributed by atoms with E-state index in [-0.39, 0.29) is 17.2 Å². The fourth-order valence-corrected chi connectivity index (χ4v) is 4.87. The summed E-state index contributed by atoms with van der Waals surface area (Å²) in [5.41, 5.74) is 5.98. The average molecular weight is 426 g/mol. The molecule has 0 spiro atoms. The lowest BCUT2D eigenvalue weighted by molar-refractivity contribution is 0.0601. The zero-order chi connectivity index (χ0) is 22.6. The number of rotatable bonds is 2. The van der Waals surface area contributed by atoms with Crippen LogP contribution in [0.5, 0.6) is 0 Å². The number of esters is 1. The summed E-state index contributed by atoms with van der Waals surface area (Å²) in [5.74, 6) is -0.583. The van der Waals surface area contributed by atoms with Crippen LogP contribution in [0.1, 0.15) is 40.9 Å². The third-order valence-electron chi connectivity index (χ3n) is 6.52. The second kappa shape index (κ2) is 7.20. The van der Waals surface area contributed by atoms with Crippen molar-refractivity contribution in [2.45, 2.75) is 26.2 Å². The van der Waals surface area contributed by atoms with Gasteiger partial charge in [0.1, 0.15) is 5.82 Å². The van der Waals surface area contributed by atoms with Crippen molar-refractivity contribution in [3.63, 3.8) is 0 Å². The van der Waals surface area contributed by atoms with Crippen LogP contribution in [0.2, 0.25) is 0 Å². The Morgan fingerprint density at radius 2 is 1.72 bits per heavy atom. The molecule has 0 saturated carbocycles. The molecule has 0 unspecified atom stereocenters. The number of nitrogens with zero attached hydrogens (tertiary/aromatic N) is 1. The SMILES string of the molecule is COC(=O)c1ccc2c3c(ccc2c1)N(c1ccc(C)c(F)c1)c1ccccc1C3(C)C. The predicted molar refractivity (Wildman–Crippen MR) is 127 cm³/mol. The van der Waals surface area contributed by atoms with Crippen LogP contribution in [0, 0.1) is 12.7 Å². The molecular formula is C28H24FNO2. The normalized spacial score (nSPS) is 14.1. The quantitative estimate of drug-likeness (QED) is 0.319. The molecule has 0 N–H and O–H groups in total. The molecule has 1 heterocycles.